The van der Waals surface area contributed by atoms with Gasteiger partial charge in [0.1, 0.15) is 28.0 Å². The molecule has 0 spiro atoms. The van der Waals surface area contributed by atoms with Crippen molar-refractivity contribution in [2.45, 2.75) is 37.3 Å². The quantitative estimate of drug-likeness (QED) is 0.267. The smallest absolute Gasteiger partial charge is 0.404 e. The number of hydrogen-bond acceptors (Lipinski definition) is 7. The molecule has 3 aliphatic rings. The Kier molecular flexibility index (Phi) is 6.91. The molecule has 10 nitrogen and oxygen atoms in total. The van der Waals surface area contributed by atoms with Crippen molar-refractivity contribution in [3.8, 4) is 11.3 Å². The van der Waals surface area contributed by atoms with E-state index in [0.29, 0.717) is 53.5 Å². The van der Waals surface area contributed by atoms with Crippen LogP contribution in [0.25, 0.3) is 22.4 Å². The molecule has 42 heavy (non-hydrogen) atoms. The van der Waals surface area contributed by atoms with Crippen molar-refractivity contribution in [3.05, 3.63) is 64.3 Å². The normalized spacial score (nSPS) is 25.3. The lowest BCUT2D eigenvalue weighted by atomic mass is 9.90. The van der Waals surface area contributed by atoms with Crippen LogP contribution in [0.5, 0.6) is 0 Å². The van der Waals surface area contributed by atoms with Crippen molar-refractivity contribution in [3.63, 3.8) is 0 Å². The predicted octanol–water partition coefficient (Wildman–Crippen LogP) is 5.70. The summed E-state index contributed by atoms with van der Waals surface area (Å²) in [5.41, 5.74) is 2.25. The Morgan fingerprint density at radius 2 is 2.02 bits per heavy atom. The number of pyridine rings is 1. The molecular weight excluding hydrogens is 584 g/mol. The number of hydrogen-bond donors (Lipinski definition) is 2. The molecule has 3 fully saturated rings. The molecule has 1 saturated carbocycles. The lowest BCUT2D eigenvalue weighted by molar-refractivity contribution is -0.0368. The van der Waals surface area contributed by atoms with Crippen LogP contribution < -0.4 is 10.2 Å². The van der Waals surface area contributed by atoms with Gasteiger partial charge in [0.25, 0.3) is 0 Å². The van der Waals surface area contributed by atoms with Crippen molar-refractivity contribution >= 4 is 46.3 Å². The summed E-state index contributed by atoms with van der Waals surface area (Å²) >= 11 is 12.8. The summed E-state index contributed by atoms with van der Waals surface area (Å²) < 4.78 is 22.9. The average Bonchev–Trinajstić information content (AvgIpc) is 3.49. The number of ether oxygens (including phenoxy) is 1. The summed E-state index contributed by atoms with van der Waals surface area (Å²) in [7, 11) is 0. The number of carbonyl (C=O) groups is 1. The minimum Gasteiger partial charge on any atom is -0.465 e. The molecule has 5 heterocycles. The molecule has 1 amide bonds. The zero-order chi connectivity index (χ0) is 29.0. The second-order valence-corrected chi connectivity index (χ2v) is 11.8. The van der Waals surface area contributed by atoms with Gasteiger partial charge in [-0.2, -0.15) is 5.10 Å². The van der Waals surface area contributed by atoms with Gasteiger partial charge in [0.15, 0.2) is 11.9 Å². The summed E-state index contributed by atoms with van der Waals surface area (Å²) in [5.74, 6) is 0.558. The van der Waals surface area contributed by atoms with Crippen LogP contribution >= 0.6 is 23.2 Å². The van der Waals surface area contributed by atoms with E-state index in [4.69, 9.17) is 43.0 Å². The van der Waals surface area contributed by atoms with Gasteiger partial charge in [0.2, 0.25) is 0 Å². The zero-order valence-corrected chi connectivity index (χ0v) is 24.0. The maximum Gasteiger partial charge on any atom is 0.404 e. The van der Waals surface area contributed by atoms with E-state index in [9.17, 15) is 9.90 Å². The largest absolute Gasteiger partial charge is 0.465 e. The molecule has 1 aliphatic carbocycles. The molecule has 0 bridgehead atoms. The highest BCUT2D eigenvalue weighted by Crippen LogP contribution is 2.63. The minimum atomic E-state index is -1.12. The highest BCUT2D eigenvalue weighted by atomic mass is 35.5. The third kappa shape index (κ3) is 4.45. The summed E-state index contributed by atoms with van der Waals surface area (Å²) in [4.78, 5) is 27.5. The third-order valence-corrected chi connectivity index (χ3v) is 9.74. The minimum absolute atomic E-state index is 0.0485. The molecule has 1 unspecified atom stereocenters. The van der Waals surface area contributed by atoms with Gasteiger partial charge >= 0.3 is 6.09 Å². The fourth-order valence-electron chi connectivity index (χ4n) is 6.95. The van der Waals surface area contributed by atoms with Gasteiger partial charge in [0.05, 0.1) is 11.2 Å². The number of rotatable bonds is 6. The number of anilines is 1. The van der Waals surface area contributed by atoms with Gasteiger partial charge in [0, 0.05) is 43.4 Å². The maximum atomic E-state index is 15.0. The molecule has 218 valence electrons. The van der Waals surface area contributed by atoms with E-state index in [1.165, 1.54) is 6.07 Å². The fraction of sp³-hybridized carbons (Fsp3) is 0.414. The Morgan fingerprint density at radius 3 is 2.81 bits per heavy atom. The van der Waals surface area contributed by atoms with Gasteiger partial charge < -0.3 is 20.1 Å². The predicted molar refractivity (Wildman–Crippen MR) is 155 cm³/mol. The number of benzene rings is 1. The number of carboxylic acid groups (broad SMARTS) is 1. The highest BCUT2D eigenvalue weighted by molar-refractivity contribution is 6.43. The molecule has 0 radical (unpaired) electrons. The van der Waals surface area contributed by atoms with Crippen LogP contribution in [0.3, 0.4) is 0 Å². The zero-order valence-electron chi connectivity index (χ0n) is 22.5. The first kappa shape index (κ1) is 27.3. The van der Waals surface area contributed by atoms with E-state index in [2.05, 4.69) is 15.2 Å². The second kappa shape index (κ2) is 10.6. The number of nitrogens with one attached hydrogen (secondary N) is 1. The number of fused-ring (bicyclic) bond motifs is 2. The molecule has 1 aromatic carbocycles. The lowest BCUT2D eigenvalue weighted by Crippen LogP contribution is -2.35. The monoisotopic (exact) mass is 611 g/mol. The van der Waals surface area contributed by atoms with Gasteiger partial charge in [-0.25, -0.2) is 28.8 Å². The van der Waals surface area contributed by atoms with E-state index < -0.39 is 11.5 Å². The molecule has 4 aromatic rings. The van der Waals surface area contributed by atoms with Crippen molar-refractivity contribution < 1.29 is 19.0 Å². The summed E-state index contributed by atoms with van der Waals surface area (Å²) in [6, 6.07) is 8.42. The number of nitrogens with zero attached hydrogens (tertiary/aromatic N) is 6. The topological polar surface area (TPSA) is 118 Å². The molecule has 7 rings (SSSR count). The van der Waals surface area contributed by atoms with Gasteiger partial charge in [-0.15, -0.1) is 0 Å². The molecule has 13 heteroatoms. The van der Waals surface area contributed by atoms with Gasteiger partial charge in [-0.05, 0) is 55.2 Å². The number of halogens is 3. The van der Waals surface area contributed by atoms with Crippen LogP contribution in [-0.2, 0) is 10.2 Å². The van der Waals surface area contributed by atoms with Crippen molar-refractivity contribution in [2.24, 2.45) is 11.8 Å². The van der Waals surface area contributed by atoms with Gasteiger partial charge in [-0.1, -0.05) is 41.4 Å². The van der Waals surface area contributed by atoms with E-state index in [1.54, 1.807) is 41.3 Å². The number of piperidine rings is 1. The maximum absolute atomic E-state index is 15.0. The highest BCUT2D eigenvalue weighted by Gasteiger charge is 2.67. The van der Waals surface area contributed by atoms with Crippen LogP contribution in [-0.4, -0.2) is 62.2 Å². The van der Waals surface area contributed by atoms with Crippen LogP contribution in [0.2, 0.25) is 10.2 Å². The van der Waals surface area contributed by atoms with Crippen molar-refractivity contribution in [1.82, 2.24) is 30.0 Å². The third-order valence-electron chi connectivity index (χ3n) is 8.98. The van der Waals surface area contributed by atoms with Crippen LogP contribution in [0, 0.1) is 17.7 Å². The van der Waals surface area contributed by atoms with Crippen LogP contribution in [0.15, 0.2) is 42.7 Å². The first-order chi connectivity index (χ1) is 20.4. The lowest BCUT2D eigenvalue weighted by Gasteiger charge is -2.27. The molecule has 2 saturated heterocycles. The van der Waals surface area contributed by atoms with Crippen LogP contribution in [0.4, 0.5) is 15.0 Å². The van der Waals surface area contributed by atoms with E-state index in [-0.39, 0.29) is 40.6 Å². The Hall–Kier alpha value is -3.54. The Balaban J connectivity index is 1.25. The van der Waals surface area contributed by atoms with E-state index >= 15 is 4.39 Å². The molecule has 2 aliphatic heterocycles. The summed E-state index contributed by atoms with van der Waals surface area (Å²) in [6.07, 6.45) is 5.44. The molecule has 3 aromatic heterocycles. The van der Waals surface area contributed by atoms with Gasteiger partial charge in [-0.3, -0.25) is 0 Å². The average molecular weight is 612 g/mol. The molecular formula is C29H28Cl2FN7O3. The Morgan fingerprint density at radius 1 is 1.17 bits per heavy atom. The second-order valence-electron chi connectivity index (χ2n) is 11.1. The summed E-state index contributed by atoms with van der Waals surface area (Å²) in [6.45, 7) is 2.06. The standard InChI is InChI=1S/C29H28Cl2FN7O3/c30-23-16(8-10-33-26(23)31)24-25-27(39(37-24)22-7-3-4-12-42-22)36-21(13-34-25)38-11-9-17-19(14-38)29(17,15-35-28(40)41)18-5-1-2-6-20(18)32/h1-2,5-6,8,10,13,17,19,22,35H,3-4,7,9,11-12,14-15H2,(H,40,41)/t17-,19+,22?,29-/m1/s1. The van der Waals surface area contributed by atoms with E-state index in [0.717, 1.165) is 25.7 Å². The van der Waals surface area contributed by atoms with Crippen molar-refractivity contribution in [2.75, 3.05) is 31.1 Å². The first-order valence-electron chi connectivity index (χ1n) is 14.0. The SMILES string of the molecule is O=C(O)NC[C@]1(c2ccccc2F)[C@@H]2CCN(c3cnc4c(-c5ccnc(Cl)c5Cl)nn(C5CCCCO5)c4n3)C[C@@H]21. The fourth-order valence-corrected chi connectivity index (χ4v) is 7.31. The Bertz CT molecular complexity index is 1680. The summed E-state index contributed by atoms with van der Waals surface area (Å²) in [5, 5.41) is 17.2. The van der Waals surface area contributed by atoms with Crippen LogP contribution in [0.1, 0.15) is 37.5 Å². The number of aromatic nitrogens is 5. The molecule has 2 N–H and O–H groups in total. The molecule has 4 atom stereocenters. The number of amides is 1. The Labute approximate surface area is 250 Å². The first-order valence-corrected chi connectivity index (χ1v) is 14.8. The van der Waals surface area contributed by atoms with Crippen molar-refractivity contribution in [1.29, 1.82) is 0 Å². The van der Waals surface area contributed by atoms with E-state index in [1.807, 2.05) is 0 Å².